The molecule has 0 aliphatic carbocycles. The lowest BCUT2D eigenvalue weighted by Crippen LogP contribution is -2.52. The van der Waals surface area contributed by atoms with Crippen molar-refractivity contribution in [2.45, 2.75) is 22.2 Å². The molecule has 1 aromatic heterocycles. The third-order valence-corrected chi connectivity index (χ3v) is 9.78. The molecule has 1 amide bonds. The minimum absolute atomic E-state index is 0.0750. The van der Waals surface area contributed by atoms with E-state index in [9.17, 15) is 13.2 Å². The lowest BCUT2D eigenvalue weighted by Gasteiger charge is -2.35. The molecule has 0 saturated carbocycles. The number of carbonyl (C=O) groups is 1. The highest BCUT2D eigenvalue weighted by atomic mass is 32.2. The van der Waals surface area contributed by atoms with Crippen LogP contribution in [0, 0.1) is 0 Å². The number of carbonyl (C=O) groups excluding carboxylic acids is 1. The van der Waals surface area contributed by atoms with E-state index in [-0.39, 0.29) is 30.7 Å². The Bertz CT molecular complexity index is 1620. The van der Waals surface area contributed by atoms with Crippen molar-refractivity contribution in [3.8, 4) is 28.6 Å². The molecule has 0 bridgehead atoms. The summed E-state index contributed by atoms with van der Waals surface area (Å²) in [6.07, 6.45) is 0. The highest BCUT2D eigenvalue weighted by molar-refractivity contribution is 8.00. The number of aromatic nitrogens is 3. The van der Waals surface area contributed by atoms with Gasteiger partial charge in [0, 0.05) is 37.4 Å². The molecular weight excluding hydrogens is 550 g/mol. The first kappa shape index (κ1) is 26.4. The number of amides is 1. The Hall–Kier alpha value is -3.87. The van der Waals surface area contributed by atoms with E-state index in [2.05, 4.69) is 10.2 Å². The molecule has 6 rings (SSSR count). The molecule has 3 heterocycles. The number of benzene rings is 3. The first-order chi connectivity index (χ1) is 19.4. The third-order valence-electron chi connectivity index (χ3n) is 6.84. The predicted octanol–water partition coefficient (Wildman–Crippen LogP) is 3.68. The van der Waals surface area contributed by atoms with Crippen molar-refractivity contribution in [2.24, 2.45) is 0 Å². The molecule has 3 aromatic carbocycles. The molecule has 4 aromatic rings. The van der Waals surface area contributed by atoms with Gasteiger partial charge in [0.2, 0.25) is 22.7 Å². The lowest BCUT2D eigenvalue weighted by atomic mass is 10.2. The van der Waals surface area contributed by atoms with Crippen LogP contribution >= 0.6 is 11.8 Å². The summed E-state index contributed by atoms with van der Waals surface area (Å²) in [5, 5.41) is 9.04. The first-order valence-electron chi connectivity index (χ1n) is 12.8. The maximum atomic E-state index is 13.4. The number of para-hydroxylation sites is 1. The molecule has 1 atom stereocenters. The highest BCUT2D eigenvalue weighted by Gasteiger charge is 2.32. The number of hydrogen-bond acceptors (Lipinski definition) is 8. The van der Waals surface area contributed by atoms with Gasteiger partial charge in [-0.1, -0.05) is 48.2 Å². The van der Waals surface area contributed by atoms with Gasteiger partial charge in [-0.2, -0.15) is 4.31 Å². The van der Waals surface area contributed by atoms with Crippen LogP contribution in [0.2, 0.25) is 0 Å². The highest BCUT2D eigenvalue weighted by Crippen LogP contribution is 2.37. The normalized spacial score (nSPS) is 16.2. The van der Waals surface area contributed by atoms with E-state index in [0.29, 0.717) is 35.6 Å². The lowest BCUT2D eigenvalue weighted by molar-refractivity contribution is -0.131. The van der Waals surface area contributed by atoms with E-state index in [0.717, 1.165) is 11.3 Å². The Morgan fingerprint density at radius 2 is 1.55 bits per heavy atom. The zero-order valence-corrected chi connectivity index (χ0v) is 23.3. The second-order valence-corrected chi connectivity index (χ2v) is 12.6. The van der Waals surface area contributed by atoms with Crippen LogP contribution < -0.4 is 9.47 Å². The Balaban J connectivity index is 1.19. The summed E-state index contributed by atoms with van der Waals surface area (Å²) >= 11 is 1.32. The number of rotatable bonds is 7. The minimum Gasteiger partial charge on any atom is -0.454 e. The van der Waals surface area contributed by atoms with Crippen LogP contribution in [0.15, 0.2) is 88.9 Å². The molecule has 12 heteroatoms. The fraction of sp³-hybridized carbons (Fsp3) is 0.250. The molecule has 206 valence electrons. The van der Waals surface area contributed by atoms with Gasteiger partial charge in [-0.25, -0.2) is 8.42 Å². The van der Waals surface area contributed by atoms with Crippen LogP contribution in [0.5, 0.6) is 11.5 Å². The standard InChI is InChI=1S/C28H27N5O5S2/c1-20(27(34)31-14-16-32(17-15-31)40(35,36)23-10-6-3-7-11-23)39-28-30-29-26(33(28)22-8-4-2-5-9-22)21-12-13-24-25(18-21)38-19-37-24/h2-13,18,20H,14-17,19H2,1H3. The Labute approximate surface area is 236 Å². The van der Waals surface area contributed by atoms with Crippen LogP contribution in [0.4, 0.5) is 0 Å². The fourth-order valence-corrected chi connectivity index (χ4v) is 7.13. The summed E-state index contributed by atoms with van der Waals surface area (Å²) in [7, 11) is -3.59. The molecule has 1 unspecified atom stereocenters. The van der Waals surface area contributed by atoms with Crippen molar-refractivity contribution in [1.29, 1.82) is 0 Å². The van der Waals surface area contributed by atoms with Crippen molar-refractivity contribution < 1.29 is 22.7 Å². The van der Waals surface area contributed by atoms with Crippen molar-refractivity contribution >= 4 is 27.7 Å². The van der Waals surface area contributed by atoms with Gasteiger partial charge >= 0.3 is 0 Å². The van der Waals surface area contributed by atoms with Crippen molar-refractivity contribution in [3.63, 3.8) is 0 Å². The molecule has 40 heavy (non-hydrogen) atoms. The molecule has 10 nitrogen and oxygen atoms in total. The predicted molar refractivity (Wildman–Crippen MR) is 150 cm³/mol. The monoisotopic (exact) mass is 577 g/mol. The number of thioether (sulfide) groups is 1. The summed E-state index contributed by atoms with van der Waals surface area (Å²) in [5.41, 5.74) is 1.67. The van der Waals surface area contributed by atoms with Gasteiger partial charge in [-0.15, -0.1) is 10.2 Å². The Kier molecular flexibility index (Phi) is 7.22. The number of nitrogens with zero attached hydrogens (tertiary/aromatic N) is 5. The molecule has 0 spiro atoms. The number of ether oxygens (including phenoxy) is 2. The maximum absolute atomic E-state index is 13.4. The van der Waals surface area contributed by atoms with Gasteiger partial charge in [0.15, 0.2) is 22.5 Å². The zero-order chi connectivity index (χ0) is 27.7. The van der Waals surface area contributed by atoms with E-state index in [1.807, 2.05) is 60.0 Å². The third kappa shape index (κ3) is 5.05. The smallest absolute Gasteiger partial charge is 0.243 e. The van der Waals surface area contributed by atoms with Crippen LogP contribution in [0.3, 0.4) is 0 Å². The van der Waals surface area contributed by atoms with Gasteiger partial charge in [-0.05, 0) is 49.4 Å². The van der Waals surface area contributed by atoms with Crippen molar-refractivity contribution in [3.05, 3.63) is 78.9 Å². The topological polar surface area (TPSA) is 107 Å². The number of fused-ring (bicyclic) bond motifs is 1. The van der Waals surface area contributed by atoms with Crippen LogP contribution in [0.1, 0.15) is 6.92 Å². The van der Waals surface area contributed by atoms with Gasteiger partial charge in [-0.3, -0.25) is 9.36 Å². The van der Waals surface area contributed by atoms with Crippen LogP contribution in [-0.2, 0) is 14.8 Å². The Morgan fingerprint density at radius 1 is 0.875 bits per heavy atom. The van der Waals surface area contributed by atoms with E-state index in [1.165, 1.54) is 16.1 Å². The second-order valence-electron chi connectivity index (χ2n) is 9.35. The molecular formula is C28H27N5O5S2. The van der Waals surface area contributed by atoms with Crippen LogP contribution in [-0.4, -0.2) is 76.5 Å². The van der Waals surface area contributed by atoms with Crippen molar-refractivity contribution in [1.82, 2.24) is 24.0 Å². The molecule has 0 N–H and O–H groups in total. The first-order valence-corrected chi connectivity index (χ1v) is 15.2. The minimum atomic E-state index is -3.59. The summed E-state index contributed by atoms with van der Waals surface area (Å²) in [4.78, 5) is 15.4. The Morgan fingerprint density at radius 3 is 2.27 bits per heavy atom. The number of hydrogen-bond donors (Lipinski definition) is 0. The van der Waals surface area contributed by atoms with Gasteiger partial charge in [0.05, 0.1) is 10.1 Å². The number of sulfonamides is 1. The summed E-state index contributed by atoms with van der Waals surface area (Å²) in [5.74, 6) is 1.87. The van der Waals surface area contributed by atoms with Gasteiger partial charge in [0.1, 0.15) is 0 Å². The maximum Gasteiger partial charge on any atom is 0.243 e. The molecule has 2 aliphatic heterocycles. The zero-order valence-electron chi connectivity index (χ0n) is 21.7. The summed E-state index contributed by atoms with van der Waals surface area (Å²) in [6, 6.07) is 23.7. The van der Waals surface area contributed by atoms with Gasteiger partial charge in [0.25, 0.3) is 0 Å². The van der Waals surface area contributed by atoms with Crippen molar-refractivity contribution in [2.75, 3.05) is 33.0 Å². The number of piperazine rings is 1. The van der Waals surface area contributed by atoms with Crippen LogP contribution in [0.25, 0.3) is 17.1 Å². The van der Waals surface area contributed by atoms with E-state index >= 15 is 0 Å². The van der Waals surface area contributed by atoms with Gasteiger partial charge < -0.3 is 14.4 Å². The summed E-state index contributed by atoms with van der Waals surface area (Å²) < 4.78 is 40.3. The van der Waals surface area contributed by atoms with E-state index in [1.54, 1.807) is 35.2 Å². The molecule has 0 radical (unpaired) electrons. The average molecular weight is 578 g/mol. The van der Waals surface area contributed by atoms with E-state index < -0.39 is 15.3 Å². The quantitative estimate of drug-likeness (QED) is 0.306. The SMILES string of the molecule is CC(Sc1nnc(-c2ccc3c(c2)OCO3)n1-c1ccccc1)C(=O)N1CCN(S(=O)(=O)c2ccccc2)CC1. The molecule has 1 saturated heterocycles. The summed E-state index contributed by atoms with van der Waals surface area (Å²) in [6.45, 7) is 3.15. The van der Waals surface area contributed by atoms with E-state index in [4.69, 9.17) is 9.47 Å². The molecule has 1 fully saturated rings. The second kappa shape index (κ2) is 11.0. The fourth-order valence-electron chi connectivity index (χ4n) is 4.73. The average Bonchev–Trinajstić information content (AvgIpc) is 3.64. The largest absolute Gasteiger partial charge is 0.454 e. The molecule has 2 aliphatic rings.